The molecule has 1 aliphatic heterocycles. The third-order valence-corrected chi connectivity index (χ3v) is 6.26. The van der Waals surface area contributed by atoms with Gasteiger partial charge >= 0.3 is 0 Å². The summed E-state index contributed by atoms with van der Waals surface area (Å²) >= 11 is 0. The van der Waals surface area contributed by atoms with Crippen LogP contribution in [0.5, 0.6) is 11.5 Å². The van der Waals surface area contributed by atoms with E-state index in [9.17, 15) is 4.79 Å². The highest BCUT2D eigenvalue weighted by atomic mass is 16.5. The van der Waals surface area contributed by atoms with Crippen LogP contribution in [0.25, 0.3) is 12.2 Å². The molecule has 3 aromatic carbocycles. The summed E-state index contributed by atoms with van der Waals surface area (Å²) in [6.45, 7) is 0.562. The first-order valence-corrected chi connectivity index (χ1v) is 11.2. The molecule has 1 fully saturated rings. The fourth-order valence-electron chi connectivity index (χ4n) is 4.50. The van der Waals surface area contributed by atoms with Gasteiger partial charge in [0.05, 0.1) is 19.8 Å². The number of carbonyl (C=O) groups is 1. The lowest BCUT2D eigenvalue weighted by atomic mass is 10.0. The molecule has 0 N–H and O–H groups in total. The fraction of sp³-hybridized carbons (Fsp3) is 0.250. The molecule has 0 unspecified atom stereocenters. The second kappa shape index (κ2) is 8.91. The van der Waals surface area contributed by atoms with Gasteiger partial charge in [0, 0.05) is 17.3 Å². The van der Waals surface area contributed by atoms with Crippen molar-refractivity contribution in [2.24, 2.45) is 0 Å². The standard InChI is InChI=1S/C28H27NO3/c1-31-26-16-15-23(18-27(26)32-24-9-5-6-10-24)29-19-22-14-13-21(17-25(22)28(29)30)12-11-20-7-3-2-4-8-20/h2-4,7-8,11-18,24H,5-6,9-10,19H2,1H3/b12-11+. The molecule has 5 rings (SSSR count). The van der Waals surface area contributed by atoms with Crippen molar-refractivity contribution >= 4 is 23.7 Å². The molecule has 4 heteroatoms. The quantitative estimate of drug-likeness (QED) is 0.432. The Bertz CT molecular complexity index is 1150. The maximum Gasteiger partial charge on any atom is 0.258 e. The van der Waals surface area contributed by atoms with Crippen LogP contribution in [0.1, 0.15) is 52.7 Å². The van der Waals surface area contributed by atoms with Crippen LogP contribution < -0.4 is 14.4 Å². The van der Waals surface area contributed by atoms with Crippen LogP contribution in [-0.4, -0.2) is 19.1 Å². The molecule has 1 amide bonds. The van der Waals surface area contributed by atoms with Crippen LogP contribution in [-0.2, 0) is 6.54 Å². The number of hydrogen-bond acceptors (Lipinski definition) is 3. The van der Waals surface area contributed by atoms with Crippen molar-refractivity contribution in [2.45, 2.75) is 38.3 Å². The van der Waals surface area contributed by atoms with Crippen LogP contribution in [0.3, 0.4) is 0 Å². The Morgan fingerprint density at radius 2 is 1.66 bits per heavy atom. The molecule has 162 valence electrons. The number of hydrogen-bond donors (Lipinski definition) is 0. The van der Waals surface area contributed by atoms with Crippen LogP contribution in [0.2, 0.25) is 0 Å². The largest absolute Gasteiger partial charge is 0.493 e. The molecule has 1 heterocycles. The minimum atomic E-state index is 0.0203. The molecule has 0 radical (unpaired) electrons. The lowest BCUT2D eigenvalue weighted by Crippen LogP contribution is -2.23. The molecule has 3 aromatic rings. The number of anilines is 1. The van der Waals surface area contributed by atoms with Crippen molar-refractivity contribution in [3.05, 3.63) is 89.0 Å². The van der Waals surface area contributed by atoms with Crippen LogP contribution in [0, 0.1) is 0 Å². The summed E-state index contributed by atoms with van der Waals surface area (Å²) in [6.07, 6.45) is 8.88. The first-order chi connectivity index (χ1) is 15.7. The van der Waals surface area contributed by atoms with Crippen LogP contribution in [0.4, 0.5) is 5.69 Å². The minimum absolute atomic E-state index is 0.0203. The maximum absolute atomic E-state index is 13.3. The van der Waals surface area contributed by atoms with E-state index in [-0.39, 0.29) is 12.0 Å². The third kappa shape index (κ3) is 4.13. The highest BCUT2D eigenvalue weighted by Crippen LogP contribution is 2.37. The molecule has 1 saturated carbocycles. The number of carbonyl (C=O) groups excluding carboxylic acids is 1. The summed E-state index contributed by atoms with van der Waals surface area (Å²) in [5, 5.41) is 0. The molecule has 1 aliphatic carbocycles. The summed E-state index contributed by atoms with van der Waals surface area (Å²) in [7, 11) is 1.65. The first-order valence-electron chi connectivity index (χ1n) is 11.2. The maximum atomic E-state index is 13.3. The van der Waals surface area contributed by atoms with Crippen molar-refractivity contribution in [2.75, 3.05) is 12.0 Å². The van der Waals surface area contributed by atoms with Crippen molar-refractivity contribution < 1.29 is 14.3 Å². The fourth-order valence-corrected chi connectivity index (χ4v) is 4.50. The van der Waals surface area contributed by atoms with E-state index >= 15 is 0 Å². The molecule has 0 spiro atoms. The average molecular weight is 426 g/mol. The van der Waals surface area contributed by atoms with Gasteiger partial charge in [-0.3, -0.25) is 4.79 Å². The van der Waals surface area contributed by atoms with Crippen LogP contribution in [0.15, 0.2) is 66.7 Å². The molecule has 4 nitrogen and oxygen atoms in total. The summed E-state index contributed by atoms with van der Waals surface area (Å²) in [4.78, 5) is 15.1. The Hall–Kier alpha value is -3.53. The van der Waals surface area contributed by atoms with Gasteiger partial charge in [-0.15, -0.1) is 0 Å². The number of ether oxygens (including phenoxy) is 2. The molecular formula is C28H27NO3. The van der Waals surface area contributed by atoms with E-state index in [2.05, 4.69) is 30.3 Å². The molecule has 0 bridgehead atoms. The van der Waals surface area contributed by atoms with E-state index < -0.39 is 0 Å². The molecule has 0 saturated heterocycles. The van der Waals surface area contributed by atoms with E-state index in [4.69, 9.17) is 9.47 Å². The van der Waals surface area contributed by atoms with Crippen molar-refractivity contribution in [3.63, 3.8) is 0 Å². The zero-order chi connectivity index (χ0) is 21.9. The number of nitrogens with zero attached hydrogens (tertiary/aromatic N) is 1. The second-order valence-corrected chi connectivity index (χ2v) is 8.41. The average Bonchev–Trinajstić information content (AvgIpc) is 3.46. The van der Waals surface area contributed by atoms with Crippen molar-refractivity contribution in [1.29, 1.82) is 0 Å². The summed E-state index contributed by atoms with van der Waals surface area (Å²) < 4.78 is 11.7. The number of fused-ring (bicyclic) bond motifs is 1. The first kappa shape index (κ1) is 20.4. The zero-order valence-electron chi connectivity index (χ0n) is 18.3. The Balaban J connectivity index is 1.38. The van der Waals surface area contributed by atoms with Gasteiger partial charge in [-0.25, -0.2) is 0 Å². The third-order valence-electron chi connectivity index (χ3n) is 6.26. The summed E-state index contributed by atoms with van der Waals surface area (Å²) in [5.74, 6) is 1.44. The summed E-state index contributed by atoms with van der Waals surface area (Å²) in [6, 6.07) is 22.0. The Kier molecular flexibility index (Phi) is 5.68. The second-order valence-electron chi connectivity index (χ2n) is 8.41. The van der Waals surface area contributed by atoms with Crippen LogP contribution >= 0.6 is 0 Å². The highest BCUT2D eigenvalue weighted by molar-refractivity contribution is 6.10. The Morgan fingerprint density at radius 1 is 0.875 bits per heavy atom. The highest BCUT2D eigenvalue weighted by Gasteiger charge is 2.29. The van der Waals surface area contributed by atoms with Gasteiger partial charge in [0.2, 0.25) is 0 Å². The van der Waals surface area contributed by atoms with Gasteiger partial charge in [-0.1, -0.05) is 54.6 Å². The lowest BCUT2D eigenvalue weighted by Gasteiger charge is -2.20. The molecule has 0 aromatic heterocycles. The topological polar surface area (TPSA) is 38.8 Å². The number of amides is 1. The smallest absolute Gasteiger partial charge is 0.258 e. The van der Waals surface area contributed by atoms with Gasteiger partial charge < -0.3 is 14.4 Å². The lowest BCUT2D eigenvalue weighted by molar-refractivity contribution is 0.0996. The Labute approximate surface area is 189 Å². The monoisotopic (exact) mass is 425 g/mol. The van der Waals surface area contributed by atoms with Gasteiger partial charge in [-0.2, -0.15) is 0 Å². The molecule has 2 aliphatic rings. The van der Waals surface area contributed by atoms with E-state index in [1.807, 2.05) is 53.4 Å². The SMILES string of the molecule is COc1ccc(N2Cc3ccc(/C=C/c4ccccc4)cc3C2=O)cc1OC1CCCC1. The predicted molar refractivity (Wildman–Crippen MR) is 128 cm³/mol. The molecule has 32 heavy (non-hydrogen) atoms. The van der Waals surface area contributed by atoms with Gasteiger partial charge in [0.15, 0.2) is 11.5 Å². The zero-order valence-corrected chi connectivity index (χ0v) is 18.3. The van der Waals surface area contributed by atoms with E-state index in [0.29, 0.717) is 18.0 Å². The number of methoxy groups -OCH3 is 1. The summed E-state index contributed by atoms with van der Waals surface area (Å²) in [5.41, 5.74) is 4.79. The number of benzene rings is 3. The van der Waals surface area contributed by atoms with E-state index in [1.165, 1.54) is 12.8 Å². The van der Waals surface area contributed by atoms with Crippen molar-refractivity contribution in [1.82, 2.24) is 0 Å². The van der Waals surface area contributed by atoms with Gasteiger partial charge in [-0.05, 0) is 60.6 Å². The predicted octanol–water partition coefficient (Wildman–Crippen LogP) is 6.35. The normalized spacial score (nSPS) is 16.0. The van der Waals surface area contributed by atoms with Gasteiger partial charge in [0.25, 0.3) is 5.91 Å². The molecule has 0 atom stereocenters. The van der Waals surface area contributed by atoms with Gasteiger partial charge in [0.1, 0.15) is 0 Å². The molecular weight excluding hydrogens is 398 g/mol. The van der Waals surface area contributed by atoms with E-state index in [0.717, 1.165) is 40.8 Å². The van der Waals surface area contributed by atoms with E-state index in [1.54, 1.807) is 7.11 Å². The Morgan fingerprint density at radius 3 is 2.44 bits per heavy atom. The number of rotatable bonds is 6. The van der Waals surface area contributed by atoms with Crippen molar-refractivity contribution in [3.8, 4) is 11.5 Å². The minimum Gasteiger partial charge on any atom is -0.493 e.